The molecular weight excluding hydrogens is 418 g/mol. The van der Waals surface area contributed by atoms with Crippen LogP contribution in [-0.2, 0) is 9.59 Å². The zero-order valence-corrected chi connectivity index (χ0v) is 21.0. The molecule has 0 radical (unpaired) electrons. The number of carbonyl (C=O) groups is 3. The number of nitrogens with one attached hydrogen (secondary N) is 3. The van der Waals surface area contributed by atoms with Gasteiger partial charge >= 0.3 is 6.03 Å². The summed E-state index contributed by atoms with van der Waals surface area (Å²) in [4.78, 5) is 42.7. The summed E-state index contributed by atoms with van der Waals surface area (Å²) < 4.78 is 0. The highest BCUT2D eigenvalue weighted by Crippen LogP contribution is 2.34. The summed E-state index contributed by atoms with van der Waals surface area (Å²) in [5.41, 5.74) is 0.536. The van der Waals surface area contributed by atoms with Crippen molar-refractivity contribution in [1.82, 2.24) is 25.8 Å². The molecule has 0 aromatic rings. The number of rotatable bonds is 8. The van der Waals surface area contributed by atoms with E-state index < -0.39 is 11.5 Å². The molecule has 3 N–H and O–H groups in total. The van der Waals surface area contributed by atoms with Crippen LogP contribution in [0.15, 0.2) is 36.5 Å². The first-order valence-corrected chi connectivity index (χ1v) is 11.8. The van der Waals surface area contributed by atoms with Crippen LogP contribution in [-0.4, -0.2) is 78.5 Å². The fourth-order valence-electron chi connectivity index (χ4n) is 4.54. The van der Waals surface area contributed by atoms with Gasteiger partial charge in [0.15, 0.2) is 0 Å². The van der Waals surface area contributed by atoms with E-state index in [1.165, 1.54) is 0 Å². The quantitative estimate of drug-likeness (QED) is 0.485. The molecule has 2 saturated heterocycles. The van der Waals surface area contributed by atoms with Crippen LogP contribution < -0.4 is 16.0 Å². The van der Waals surface area contributed by atoms with Gasteiger partial charge in [0, 0.05) is 19.6 Å². The summed E-state index contributed by atoms with van der Waals surface area (Å²) in [6, 6.07) is -1.16. The summed E-state index contributed by atoms with van der Waals surface area (Å²) in [5, 5.41) is 8.86. The van der Waals surface area contributed by atoms with E-state index in [9.17, 15) is 14.4 Å². The highest BCUT2D eigenvalue weighted by atomic mass is 16.2. The van der Waals surface area contributed by atoms with Gasteiger partial charge in [0.25, 0.3) is 0 Å². The minimum Gasteiger partial charge on any atom is -0.342 e. The van der Waals surface area contributed by atoms with Crippen molar-refractivity contribution in [2.45, 2.75) is 71.6 Å². The van der Waals surface area contributed by atoms with Crippen molar-refractivity contribution < 1.29 is 14.4 Å². The second-order valence-electron chi connectivity index (χ2n) is 9.89. The number of nitrogens with zero attached hydrogens (tertiary/aromatic N) is 2. The van der Waals surface area contributed by atoms with E-state index in [1.54, 1.807) is 20.0 Å². The van der Waals surface area contributed by atoms with Crippen LogP contribution in [0.25, 0.3) is 0 Å². The normalized spacial score (nSPS) is 22.8. The van der Waals surface area contributed by atoms with Crippen molar-refractivity contribution in [1.29, 1.82) is 0 Å². The lowest BCUT2D eigenvalue weighted by Crippen LogP contribution is -2.58. The van der Waals surface area contributed by atoms with E-state index in [2.05, 4.69) is 22.5 Å². The third-order valence-electron chi connectivity index (χ3n) is 6.50. The minimum absolute atomic E-state index is 0.00458. The van der Waals surface area contributed by atoms with Crippen LogP contribution in [0.5, 0.6) is 0 Å². The molecule has 0 saturated carbocycles. The van der Waals surface area contributed by atoms with E-state index in [1.807, 2.05) is 55.7 Å². The number of likely N-dealkylation sites (N-methyl/N-ethyl adjacent to an activating group) is 1. The first-order chi connectivity index (χ1) is 15.5. The summed E-state index contributed by atoms with van der Waals surface area (Å²) in [7, 11) is 1.72. The van der Waals surface area contributed by atoms with E-state index in [0.717, 1.165) is 18.4 Å². The molecule has 2 aliphatic heterocycles. The Morgan fingerprint density at radius 1 is 1.12 bits per heavy atom. The van der Waals surface area contributed by atoms with E-state index in [4.69, 9.17) is 0 Å². The van der Waals surface area contributed by atoms with Gasteiger partial charge in [-0.25, -0.2) is 4.79 Å². The van der Waals surface area contributed by atoms with E-state index >= 15 is 0 Å². The molecule has 0 aromatic carbocycles. The van der Waals surface area contributed by atoms with Crippen molar-refractivity contribution in [2.75, 3.05) is 26.7 Å². The molecule has 0 aromatic heterocycles. The lowest BCUT2D eigenvalue weighted by molar-refractivity contribution is -0.140. The molecule has 0 bridgehead atoms. The van der Waals surface area contributed by atoms with Crippen molar-refractivity contribution in [2.24, 2.45) is 5.41 Å². The van der Waals surface area contributed by atoms with Crippen LogP contribution in [0, 0.1) is 5.41 Å². The number of hydrogen-bond donors (Lipinski definition) is 3. The van der Waals surface area contributed by atoms with Gasteiger partial charge < -0.3 is 25.8 Å². The molecule has 0 aliphatic carbocycles. The van der Waals surface area contributed by atoms with Crippen molar-refractivity contribution >= 4 is 17.8 Å². The van der Waals surface area contributed by atoms with Gasteiger partial charge in [0.05, 0.1) is 18.1 Å². The van der Waals surface area contributed by atoms with Crippen LogP contribution in [0.2, 0.25) is 0 Å². The molecule has 8 nitrogen and oxygen atoms in total. The zero-order valence-electron chi connectivity index (χ0n) is 21.0. The maximum atomic E-state index is 13.6. The maximum absolute atomic E-state index is 13.6. The Labute approximate surface area is 198 Å². The Morgan fingerprint density at radius 2 is 1.73 bits per heavy atom. The lowest BCUT2D eigenvalue weighted by Gasteiger charge is -2.36. The molecule has 2 heterocycles. The fourth-order valence-corrected chi connectivity index (χ4v) is 4.54. The monoisotopic (exact) mass is 459 g/mol. The Bertz CT molecular complexity index is 798. The highest BCUT2D eigenvalue weighted by molar-refractivity contribution is 5.90. The van der Waals surface area contributed by atoms with Crippen molar-refractivity contribution in [3.63, 3.8) is 0 Å². The molecule has 2 fully saturated rings. The third kappa shape index (κ3) is 6.47. The van der Waals surface area contributed by atoms with E-state index in [-0.39, 0.29) is 36.0 Å². The van der Waals surface area contributed by atoms with Gasteiger partial charge in [0.2, 0.25) is 11.8 Å². The summed E-state index contributed by atoms with van der Waals surface area (Å²) in [5.74, 6) is -0.267. The number of carbonyl (C=O) groups excluding carboxylic acids is 3. The number of amides is 4. The average molecular weight is 460 g/mol. The van der Waals surface area contributed by atoms with Gasteiger partial charge in [-0.05, 0) is 44.7 Å². The largest absolute Gasteiger partial charge is 0.342 e. The smallest absolute Gasteiger partial charge is 0.317 e. The number of hydrogen-bond acceptors (Lipinski definition) is 4. The number of likely N-dealkylation sites (tertiary alicyclic amines) is 2. The molecule has 4 atom stereocenters. The summed E-state index contributed by atoms with van der Waals surface area (Å²) >= 11 is 0. The summed E-state index contributed by atoms with van der Waals surface area (Å²) in [6.07, 6.45) is 8.93. The molecule has 3 unspecified atom stereocenters. The molecule has 8 heteroatoms. The lowest BCUT2D eigenvalue weighted by atomic mass is 9.85. The minimum atomic E-state index is -0.630. The first-order valence-electron chi connectivity index (χ1n) is 11.8. The standard InChI is InChI=1S/C25H41N5O3/c1-8-10-18(11-9-2)16-27-24(33)30-15-13-19-20(30)12-14-29(19)23(32)21(25(4,5)6)28-22(31)17(3)26-7/h8-11,17,19-21,26H,1,12-16H2,2-7H3,(H,27,33)(H,28,31)/b11-9-,18-10+/t17-,19?,20?,21?/m0/s1. The van der Waals surface area contributed by atoms with Crippen LogP contribution >= 0.6 is 0 Å². The number of allylic oxidation sites excluding steroid dienone is 3. The predicted molar refractivity (Wildman–Crippen MR) is 132 cm³/mol. The van der Waals surface area contributed by atoms with Gasteiger partial charge in [-0.2, -0.15) is 0 Å². The molecule has 4 amide bonds. The van der Waals surface area contributed by atoms with Gasteiger partial charge in [0.1, 0.15) is 6.04 Å². The van der Waals surface area contributed by atoms with E-state index in [0.29, 0.717) is 19.6 Å². The molecule has 0 spiro atoms. The molecule has 184 valence electrons. The number of fused-ring (bicyclic) bond motifs is 1. The maximum Gasteiger partial charge on any atom is 0.317 e. The second kappa shape index (κ2) is 11.5. The van der Waals surface area contributed by atoms with Gasteiger partial charge in [-0.1, -0.05) is 51.7 Å². The van der Waals surface area contributed by atoms with Crippen LogP contribution in [0.3, 0.4) is 0 Å². The SMILES string of the molecule is C=C/C=C(\C=C/C)CNC(=O)N1CCC2C1CCN2C(=O)C(NC(=O)[C@H](C)NC)C(C)(C)C. The zero-order chi connectivity index (χ0) is 24.8. The Kier molecular flexibility index (Phi) is 9.28. The Balaban J connectivity index is 2.07. The average Bonchev–Trinajstić information content (AvgIpc) is 3.36. The highest BCUT2D eigenvalue weighted by Gasteiger charge is 2.48. The summed E-state index contributed by atoms with van der Waals surface area (Å²) in [6.45, 7) is 14.9. The molecule has 2 rings (SSSR count). The third-order valence-corrected chi connectivity index (χ3v) is 6.50. The molecular formula is C25H41N5O3. The topological polar surface area (TPSA) is 93.8 Å². The van der Waals surface area contributed by atoms with Gasteiger partial charge in [-0.15, -0.1) is 0 Å². The van der Waals surface area contributed by atoms with Crippen LogP contribution in [0.1, 0.15) is 47.5 Å². The first kappa shape index (κ1) is 26.6. The molecule has 33 heavy (non-hydrogen) atoms. The fraction of sp³-hybridized carbons (Fsp3) is 0.640. The van der Waals surface area contributed by atoms with Crippen molar-refractivity contribution in [3.05, 3.63) is 36.5 Å². The second-order valence-corrected chi connectivity index (χ2v) is 9.89. The Hall–Kier alpha value is -2.61. The predicted octanol–water partition coefficient (Wildman–Crippen LogP) is 2.20. The number of urea groups is 1. The van der Waals surface area contributed by atoms with Gasteiger partial charge in [-0.3, -0.25) is 9.59 Å². The Morgan fingerprint density at radius 3 is 2.27 bits per heavy atom. The van der Waals surface area contributed by atoms with Crippen molar-refractivity contribution in [3.8, 4) is 0 Å². The molecule has 2 aliphatic rings. The van der Waals surface area contributed by atoms with Crippen LogP contribution in [0.4, 0.5) is 4.79 Å².